The Morgan fingerprint density at radius 3 is 2.45 bits per heavy atom. The lowest BCUT2D eigenvalue weighted by atomic mass is 9.49. The van der Waals surface area contributed by atoms with Crippen molar-refractivity contribution in [3.8, 4) is 11.5 Å². The molecule has 2 aliphatic carbocycles. The van der Waals surface area contributed by atoms with Crippen molar-refractivity contribution >= 4 is 79.9 Å². The SMILES string of the molecule is COc1cc(Br)cc(C2C3=CCC4C(=O)N(Cc5cccs5)C(=O)C4C3CC3C(=O)N(Nc4ncc(C(F)(F)F)cc4Cl)C(=O)C32c2ccc(Cl)cc2)c1O. The molecule has 0 radical (unpaired) electrons. The van der Waals surface area contributed by atoms with E-state index in [0.717, 1.165) is 4.88 Å². The van der Waals surface area contributed by atoms with E-state index < -0.39 is 69.5 Å². The third-order valence-corrected chi connectivity index (χ3v) is 13.0. The number of alkyl halides is 3. The van der Waals surface area contributed by atoms with Gasteiger partial charge < -0.3 is 9.84 Å². The number of rotatable bonds is 7. The predicted octanol–water partition coefficient (Wildman–Crippen LogP) is 8.13. The number of imide groups is 2. The summed E-state index contributed by atoms with van der Waals surface area (Å²) in [6.07, 6.45) is -2.32. The number of phenolic OH excluding ortho intramolecular Hbond substituents is 1. The van der Waals surface area contributed by atoms with Gasteiger partial charge in [-0.2, -0.15) is 18.2 Å². The first-order valence-electron chi connectivity index (χ1n) is 16.9. The highest BCUT2D eigenvalue weighted by Gasteiger charge is 2.71. The first-order chi connectivity index (χ1) is 26.2. The molecule has 284 valence electrons. The van der Waals surface area contributed by atoms with Crippen molar-refractivity contribution in [2.45, 2.75) is 36.9 Å². The Labute approximate surface area is 334 Å². The molecule has 4 aromatic rings. The molecule has 0 spiro atoms. The Morgan fingerprint density at radius 1 is 1.05 bits per heavy atom. The van der Waals surface area contributed by atoms with Gasteiger partial charge >= 0.3 is 6.18 Å². The van der Waals surface area contributed by atoms with Gasteiger partial charge in [-0.25, -0.2) is 4.98 Å². The Bertz CT molecular complexity index is 2310. The fraction of sp³-hybridized carbons (Fsp3) is 0.289. The molecule has 2 saturated heterocycles. The predicted molar refractivity (Wildman–Crippen MR) is 199 cm³/mol. The number of ether oxygens (including phenoxy) is 1. The van der Waals surface area contributed by atoms with Gasteiger partial charge in [-0.05, 0) is 66.1 Å². The third kappa shape index (κ3) is 5.84. The number of aromatic hydroxyl groups is 1. The number of hydrogen-bond acceptors (Lipinski definition) is 9. The second kappa shape index (κ2) is 13.6. The summed E-state index contributed by atoms with van der Waals surface area (Å²) < 4.78 is 46.5. The van der Waals surface area contributed by atoms with Gasteiger partial charge in [0.25, 0.3) is 11.8 Å². The summed E-state index contributed by atoms with van der Waals surface area (Å²) in [5.41, 5.74) is 0.726. The van der Waals surface area contributed by atoms with Crippen molar-refractivity contribution in [3.05, 3.63) is 114 Å². The number of pyridine rings is 1. The quantitative estimate of drug-likeness (QED) is 0.141. The number of thiophene rings is 1. The molecular formula is C38H28BrCl2F3N4O6S. The molecule has 10 nitrogen and oxygen atoms in total. The standard InChI is InChI=1S/C38H28BrCl2F3N4O6S/c1-54-28-13-19(39)12-25(31(28)49)30-22-8-9-23-29(35(52)47(33(23)50)16-21-3-2-10-55-21)24(22)14-26-34(51)48(36(53)37(26,30)17-4-6-20(40)7-5-17)46-32-27(41)11-18(15-45-32)38(42,43)44/h2-8,10-13,15,23-24,26,29-30,49H,9,14,16H2,1H3,(H,45,46). The molecule has 3 fully saturated rings. The third-order valence-electron chi connectivity index (χ3n) is 11.1. The summed E-state index contributed by atoms with van der Waals surface area (Å²) in [4.78, 5) is 64.4. The van der Waals surface area contributed by atoms with Gasteiger partial charge in [-0.1, -0.05) is 69.0 Å². The van der Waals surface area contributed by atoms with E-state index in [-0.39, 0.29) is 48.2 Å². The number of methoxy groups -OCH3 is 1. The zero-order valence-electron chi connectivity index (χ0n) is 28.4. The fourth-order valence-electron chi connectivity index (χ4n) is 8.88. The normalized spacial score (nSPS) is 26.2. The first-order valence-corrected chi connectivity index (χ1v) is 19.4. The maximum atomic E-state index is 15.4. The van der Waals surface area contributed by atoms with Crippen molar-refractivity contribution in [2.24, 2.45) is 23.7 Å². The fourth-order valence-corrected chi connectivity index (χ4v) is 10.4. The maximum absolute atomic E-state index is 15.4. The molecule has 1 saturated carbocycles. The number of amides is 4. The zero-order valence-corrected chi connectivity index (χ0v) is 32.4. The van der Waals surface area contributed by atoms with Gasteiger partial charge in [0, 0.05) is 32.1 Å². The Kier molecular flexibility index (Phi) is 9.30. The Balaban J connectivity index is 1.33. The molecule has 2 aromatic carbocycles. The van der Waals surface area contributed by atoms with Crippen LogP contribution in [-0.4, -0.2) is 50.7 Å². The maximum Gasteiger partial charge on any atom is 0.417 e. The molecular weight excluding hydrogens is 848 g/mol. The van der Waals surface area contributed by atoms with Gasteiger partial charge in [-0.15, -0.1) is 11.3 Å². The van der Waals surface area contributed by atoms with Gasteiger partial charge in [0.15, 0.2) is 17.3 Å². The van der Waals surface area contributed by atoms with Crippen LogP contribution in [-0.2, 0) is 37.3 Å². The summed E-state index contributed by atoms with van der Waals surface area (Å²) in [5, 5.41) is 14.2. The summed E-state index contributed by atoms with van der Waals surface area (Å²) in [6.45, 7) is 0.0889. The number of carbonyl (C=O) groups excluding carboxylic acids is 4. The van der Waals surface area contributed by atoms with Crippen LogP contribution in [0.2, 0.25) is 10.0 Å². The van der Waals surface area contributed by atoms with Crippen molar-refractivity contribution in [2.75, 3.05) is 12.5 Å². The minimum absolute atomic E-state index is 0.0605. The van der Waals surface area contributed by atoms with Crippen molar-refractivity contribution in [1.82, 2.24) is 14.9 Å². The molecule has 2 aliphatic heterocycles. The average molecular weight is 877 g/mol. The van der Waals surface area contributed by atoms with E-state index in [9.17, 15) is 32.7 Å². The summed E-state index contributed by atoms with van der Waals surface area (Å²) in [6, 6.07) is 13.8. The molecule has 6 atom stereocenters. The van der Waals surface area contributed by atoms with Crippen LogP contribution in [0, 0.1) is 23.7 Å². The molecule has 4 aliphatic rings. The van der Waals surface area contributed by atoms with E-state index in [0.29, 0.717) is 37.9 Å². The number of nitrogens with zero attached hydrogens (tertiary/aromatic N) is 3. The van der Waals surface area contributed by atoms with Crippen LogP contribution in [0.5, 0.6) is 11.5 Å². The highest BCUT2D eigenvalue weighted by Crippen LogP contribution is 2.65. The van der Waals surface area contributed by atoms with Gasteiger partial charge in [0.2, 0.25) is 11.8 Å². The number of hydrazine groups is 1. The van der Waals surface area contributed by atoms with Crippen LogP contribution in [0.3, 0.4) is 0 Å². The molecule has 17 heteroatoms. The number of phenols is 1. The Hall–Kier alpha value is -4.44. The van der Waals surface area contributed by atoms with E-state index in [4.69, 9.17) is 27.9 Å². The van der Waals surface area contributed by atoms with Crippen LogP contribution in [0.15, 0.2) is 82.3 Å². The second-order valence-electron chi connectivity index (χ2n) is 13.8. The van der Waals surface area contributed by atoms with E-state index in [1.807, 2.05) is 23.6 Å². The minimum Gasteiger partial charge on any atom is -0.504 e. The van der Waals surface area contributed by atoms with Gasteiger partial charge in [0.05, 0.1) is 47.4 Å². The highest BCUT2D eigenvalue weighted by molar-refractivity contribution is 9.10. The number of anilines is 1. The number of allylic oxidation sites excluding steroid dienone is 2. The van der Waals surface area contributed by atoms with Crippen LogP contribution >= 0.6 is 50.5 Å². The molecule has 0 bridgehead atoms. The smallest absolute Gasteiger partial charge is 0.417 e. The largest absolute Gasteiger partial charge is 0.504 e. The number of aromatic nitrogens is 1. The number of likely N-dealkylation sites (tertiary alicyclic amines) is 1. The van der Waals surface area contributed by atoms with Crippen molar-refractivity contribution in [3.63, 3.8) is 0 Å². The van der Waals surface area contributed by atoms with Crippen LogP contribution < -0.4 is 10.2 Å². The summed E-state index contributed by atoms with van der Waals surface area (Å²) >= 11 is 17.5. The number of benzene rings is 2. The van der Waals surface area contributed by atoms with E-state index in [2.05, 4.69) is 26.3 Å². The number of halogens is 6. The molecule has 2 aromatic heterocycles. The van der Waals surface area contributed by atoms with Crippen LogP contribution in [0.25, 0.3) is 0 Å². The highest BCUT2D eigenvalue weighted by atomic mass is 79.9. The number of hydrogen-bond donors (Lipinski definition) is 2. The molecule has 6 unspecified atom stereocenters. The monoisotopic (exact) mass is 874 g/mol. The number of fused-ring (bicyclic) bond motifs is 4. The lowest BCUT2D eigenvalue weighted by molar-refractivity contribution is -0.142. The van der Waals surface area contributed by atoms with Crippen molar-refractivity contribution < 1.29 is 42.2 Å². The lowest BCUT2D eigenvalue weighted by Crippen LogP contribution is -2.53. The second-order valence-corrected chi connectivity index (χ2v) is 16.6. The minimum atomic E-state index is -4.76. The van der Waals surface area contributed by atoms with Crippen LogP contribution in [0.4, 0.5) is 19.0 Å². The number of nitrogens with one attached hydrogen (secondary N) is 1. The Morgan fingerprint density at radius 2 is 1.80 bits per heavy atom. The molecule has 8 rings (SSSR count). The molecule has 55 heavy (non-hydrogen) atoms. The van der Waals surface area contributed by atoms with E-state index in [1.165, 1.54) is 29.4 Å². The zero-order chi connectivity index (χ0) is 39.1. The van der Waals surface area contributed by atoms with E-state index >= 15 is 4.79 Å². The average Bonchev–Trinajstić information content (AvgIpc) is 3.81. The molecule has 4 heterocycles. The van der Waals surface area contributed by atoms with Gasteiger partial charge in [-0.3, -0.25) is 29.5 Å². The summed E-state index contributed by atoms with van der Waals surface area (Å²) in [7, 11) is 1.36. The topological polar surface area (TPSA) is 129 Å². The molecule has 4 amide bonds. The van der Waals surface area contributed by atoms with Crippen LogP contribution in [0.1, 0.15) is 40.3 Å². The van der Waals surface area contributed by atoms with E-state index in [1.54, 1.807) is 30.3 Å². The summed E-state index contributed by atoms with van der Waals surface area (Å²) in [5.74, 6) is -7.73. The van der Waals surface area contributed by atoms with Gasteiger partial charge in [0.1, 0.15) is 0 Å². The molecule has 2 N–H and O–H groups in total. The first kappa shape index (κ1) is 37.5. The lowest BCUT2D eigenvalue weighted by Gasteiger charge is -2.50. The van der Waals surface area contributed by atoms with Crippen molar-refractivity contribution in [1.29, 1.82) is 0 Å². The number of carbonyl (C=O) groups is 4.